The molecular formula is C11H17NOS. The summed E-state index contributed by atoms with van der Waals surface area (Å²) in [4.78, 5) is 11.2. The summed E-state index contributed by atoms with van der Waals surface area (Å²) in [6.07, 6.45) is 1.59. The quantitative estimate of drug-likeness (QED) is 0.470. The van der Waals surface area contributed by atoms with Gasteiger partial charge in [-0.15, -0.1) is 11.8 Å². The van der Waals surface area contributed by atoms with Crippen molar-refractivity contribution in [2.45, 2.75) is 11.3 Å². The van der Waals surface area contributed by atoms with Crippen molar-refractivity contribution in [2.24, 2.45) is 0 Å². The second-order valence-electron chi connectivity index (χ2n) is 2.62. The monoisotopic (exact) mass is 211 g/mol. The lowest BCUT2D eigenvalue weighted by molar-refractivity contribution is -0.107. The van der Waals surface area contributed by atoms with Crippen LogP contribution in [0.15, 0.2) is 35.2 Å². The summed E-state index contributed by atoms with van der Waals surface area (Å²) in [5, 5.41) is 2.75. The number of hydrogen-bond donors (Lipinski definition) is 1. The number of benzene rings is 1. The van der Waals surface area contributed by atoms with E-state index in [1.807, 2.05) is 32.3 Å². The maximum absolute atomic E-state index is 9.98. The smallest absolute Gasteiger partial charge is 0.120 e. The molecule has 1 rings (SSSR count). The highest BCUT2D eigenvalue weighted by molar-refractivity contribution is 7.99. The summed E-state index contributed by atoms with van der Waals surface area (Å²) < 4.78 is 0. The van der Waals surface area contributed by atoms with E-state index in [-0.39, 0.29) is 0 Å². The minimum atomic E-state index is 0.638. The van der Waals surface area contributed by atoms with E-state index in [2.05, 4.69) is 17.4 Å². The van der Waals surface area contributed by atoms with E-state index in [9.17, 15) is 4.79 Å². The molecule has 0 atom stereocenters. The van der Waals surface area contributed by atoms with Gasteiger partial charge in [-0.3, -0.25) is 0 Å². The molecule has 0 heterocycles. The van der Waals surface area contributed by atoms with Gasteiger partial charge in [0.15, 0.2) is 0 Å². The van der Waals surface area contributed by atoms with E-state index in [1.54, 1.807) is 11.8 Å². The number of carbonyl (C=O) groups is 1. The van der Waals surface area contributed by atoms with Crippen molar-refractivity contribution in [3.05, 3.63) is 30.3 Å². The lowest BCUT2D eigenvalue weighted by Crippen LogP contribution is -1.89. The molecule has 0 saturated heterocycles. The van der Waals surface area contributed by atoms with E-state index >= 15 is 0 Å². The highest BCUT2D eigenvalue weighted by atomic mass is 32.2. The Labute approximate surface area is 90.1 Å². The van der Waals surface area contributed by atoms with Crippen molar-refractivity contribution >= 4 is 18.0 Å². The van der Waals surface area contributed by atoms with Crippen molar-refractivity contribution in [3.8, 4) is 0 Å². The van der Waals surface area contributed by atoms with Gasteiger partial charge in [-0.05, 0) is 26.2 Å². The molecule has 2 nitrogen and oxygen atoms in total. The van der Waals surface area contributed by atoms with Gasteiger partial charge in [0.1, 0.15) is 6.29 Å². The molecule has 78 valence electrons. The highest BCUT2D eigenvalue weighted by Gasteiger charge is 1.89. The predicted molar refractivity (Wildman–Crippen MR) is 62.8 cm³/mol. The number of aldehydes is 1. The first-order valence-corrected chi connectivity index (χ1v) is 5.53. The molecule has 0 fully saturated rings. The fraction of sp³-hybridized carbons (Fsp3) is 0.364. The van der Waals surface area contributed by atoms with E-state index in [0.717, 1.165) is 12.0 Å². The van der Waals surface area contributed by atoms with Gasteiger partial charge in [0.05, 0.1) is 0 Å². The third kappa shape index (κ3) is 7.83. The van der Waals surface area contributed by atoms with Gasteiger partial charge in [-0.1, -0.05) is 18.2 Å². The zero-order valence-electron chi connectivity index (χ0n) is 8.69. The fourth-order valence-corrected chi connectivity index (χ4v) is 1.54. The van der Waals surface area contributed by atoms with Gasteiger partial charge in [0.25, 0.3) is 0 Å². The summed E-state index contributed by atoms with van der Waals surface area (Å²) in [6, 6.07) is 10.1. The molecule has 14 heavy (non-hydrogen) atoms. The van der Waals surface area contributed by atoms with Gasteiger partial charge >= 0.3 is 0 Å². The molecule has 0 amide bonds. The topological polar surface area (TPSA) is 29.1 Å². The van der Waals surface area contributed by atoms with E-state index < -0.39 is 0 Å². The van der Waals surface area contributed by atoms with E-state index in [1.165, 1.54) is 4.90 Å². The molecule has 0 aliphatic rings. The molecule has 0 aliphatic carbocycles. The molecular weight excluding hydrogens is 194 g/mol. The third-order valence-electron chi connectivity index (χ3n) is 1.25. The van der Waals surface area contributed by atoms with Crippen LogP contribution in [0.4, 0.5) is 0 Å². The van der Waals surface area contributed by atoms with Crippen LogP contribution in [0.5, 0.6) is 0 Å². The Morgan fingerprint density at radius 1 is 1.29 bits per heavy atom. The Kier molecular flexibility index (Phi) is 9.69. The number of thioether (sulfide) groups is 1. The standard InChI is InChI=1S/C9H10OS.C2H7N/c10-7-4-8-11-9-5-2-1-3-6-9;1-3-2/h1-3,5-7H,4,8H2;3H,1-2H3. The Balaban J connectivity index is 0.000000500. The Morgan fingerprint density at radius 2 is 1.86 bits per heavy atom. The normalized spacial score (nSPS) is 8.71. The minimum Gasteiger partial charge on any atom is -0.323 e. The van der Waals surface area contributed by atoms with Crippen LogP contribution in [0.1, 0.15) is 6.42 Å². The van der Waals surface area contributed by atoms with Gasteiger partial charge in [0.2, 0.25) is 0 Å². The molecule has 0 bridgehead atoms. The first-order valence-electron chi connectivity index (χ1n) is 4.55. The molecule has 0 spiro atoms. The van der Waals surface area contributed by atoms with Gasteiger partial charge in [-0.25, -0.2) is 0 Å². The lowest BCUT2D eigenvalue weighted by Gasteiger charge is -1.95. The summed E-state index contributed by atoms with van der Waals surface area (Å²) >= 11 is 1.71. The van der Waals surface area contributed by atoms with Crippen molar-refractivity contribution in [1.29, 1.82) is 0 Å². The van der Waals surface area contributed by atoms with Crippen LogP contribution >= 0.6 is 11.8 Å². The van der Waals surface area contributed by atoms with Crippen LogP contribution in [0, 0.1) is 0 Å². The zero-order chi connectivity index (χ0) is 10.6. The van der Waals surface area contributed by atoms with Crippen molar-refractivity contribution in [2.75, 3.05) is 19.8 Å². The second kappa shape index (κ2) is 10.3. The molecule has 0 radical (unpaired) electrons. The van der Waals surface area contributed by atoms with Crippen LogP contribution in [-0.4, -0.2) is 26.1 Å². The largest absolute Gasteiger partial charge is 0.323 e. The van der Waals surface area contributed by atoms with Gasteiger partial charge in [0, 0.05) is 17.1 Å². The lowest BCUT2D eigenvalue weighted by atomic mass is 10.4. The summed E-state index contributed by atoms with van der Waals surface area (Å²) in [6.45, 7) is 0. The van der Waals surface area contributed by atoms with E-state index in [4.69, 9.17) is 0 Å². The van der Waals surface area contributed by atoms with Crippen LogP contribution < -0.4 is 5.32 Å². The SMILES string of the molecule is CNC.O=CCCSc1ccccc1. The molecule has 3 heteroatoms. The Bertz CT molecular complexity index is 226. The molecule has 0 unspecified atom stereocenters. The number of carbonyl (C=O) groups excluding carboxylic acids is 1. The molecule has 0 aliphatic heterocycles. The first kappa shape index (κ1) is 13.2. The van der Waals surface area contributed by atoms with Crippen LogP contribution in [-0.2, 0) is 4.79 Å². The summed E-state index contributed by atoms with van der Waals surface area (Å²) in [5.74, 6) is 0.882. The zero-order valence-corrected chi connectivity index (χ0v) is 9.51. The Hall–Kier alpha value is -0.800. The third-order valence-corrected chi connectivity index (χ3v) is 2.29. The van der Waals surface area contributed by atoms with Crippen molar-refractivity contribution in [3.63, 3.8) is 0 Å². The molecule has 0 saturated carbocycles. The fourth-order valence-electron chi connectivity index (χ4n) is 0.742. The maximum Gasteiger partial charge on any atom is 0.120 e. The average molecular weight is 211 g/mol. The highest BCUT2D eigenvalue weighted by Crippen LogP contribution is 2.16. The molecule has 1 aromatic carbocycles. The Morgan fingerprint density at radius 3 is 2.36 bits per heavy atom. The molecule has 1 N–H and O–H groups in total. The summed E-state index contributed by atoms with van der Waals surface area (Å²) in [7, 11) is 3.75. The van der Waals surface area contributed by atoms with Crippen molar-refractivity contribution in [1.82, 2.24) is 5.32 Å². The van der Waals surface area contributed by atoms with Crippen LogP contribution in [0.3, 0.4) is 0 Å². The first-order chi connectivity index (χ1) is 6.85. The van der Waals surface area contributed by atoms with Gasteiger partial charge < -0.3 is 10.1 Å². The summed E-state index contributed by atoms with van der Waals surface area (Å²) in [5.41, 5.74) is 0. The van der Waals surface area contributed by atoms with Crippen LogP contribution in [0.25, 0.3) is 0 Å². The average Bonchev–Trinajstić information content (AvgIpc) is 2.21. The second-order valence-corrected chi connectivity index (χ2v) is 3.79. The molecule has 0 aromatic heterocycles. The van der Waals surface area contributed by atoms with E-state index in [0.29, 0.717) is 6.42 Å². The van der Waals surface area contributed by atoms with Gasteiger partial charge in [-0.2, -0.15) is 0 Å². The number of rotatable bonds is 4. The predicted octanol–water partition coefficient (Wildman–Crippen LogP) is 2.20. The number of hydrogen-bond acceptors (Lipinski definition) is 3. The van der Waals surface area contributed by atoms with Crippen molar-refractivity contribution < 1.29 is 4.79 Å². The maximum atomic E-state index is 9.98. The minimum absolute atomic E-state index is 0.638. The number of nitrogens with one attached hydrogen (secondary N) is 1. The molecule has 1 aromatic rings. The van der Waals surface area contributed by atoms with Crippen LogP contribution in [0.2, 0.25) is 0 Å².